The minimum atomic E-state index is 1.10. The molecule has 1 N–H and O–H groups in total. The first-order chi connectivity index (χ1) is 4.47. The van der Waals surface area contributed by atoms with E-state index in [2.05, 4.69) is 11.1 Å². The van der Waals surface area contributed by atoms with Crippen LogP contribution in [0.15, 0.2) is 11.0 Å². The molecule has 2 rings (SSSR count). The summed E-state index contributed by atoms with van der Waals surface area (Å²) in [6, 6.07) is 0. The molecule has 0 bridgehead atoms. The van der Waals surface area contributed by atoms with E-state index in [1.165, 1.54) is 29.9 Å². The van der Waals surface area contributed by atoms with E-state index in [1.54, 1.807) is 0 Å². The second-order valence-electron chi connectivity index (χ2n) is 2.40. The van der Waals surface area contributed by atoms with Gasteiger partial charge in [-0.15, -0.1) is 0 Å². The third kappa shape index (κ3) is 0.917. The monoisotopic (exact) mass is 140 g/mol. The molecule has 0 atom stereocenters. The van der Waals surface area contributed by atoms with E-state index in [-0.39, 0.29) is 0 Å². The normalized spacial score (nSPS) is 24.9. The first-order valence-corrected chi connectivity index (χ1v) is 4.38. The Hall–Kier alpha value is -0.240. The number of fused-ring (bicyclic) bond motifs is 1. The first-order valence-electron chi connectivity index (χ1n) is 3.40. The van der Waals surface area contributed by atoms with Crippen molar-refractivity contribution in [1.29, 1.82) is 0 Å². The lowest BCUT2D eigenvalue weighted by molar-refractivity contribution is -0.429. The number of hydrogen-bond acceptors (Lipinski definition) is 1. The number of allylic oxidation sites excluding steroid dienone is 2. The number of hydrogen-bond donors (Lipinski definition) is 1. The molecule has 0 aromatic carbocycles. The Bertz CT molecular complexity index is 181. The Balaban J connectivity index is 2.30. The first kappa shape index (κ1) is 5.54. The Morgan fingerprint density at radius 3 is 3.44 bits per heavy atom. The summed E-state index contributed by atoms with van der Waals surface area (Å²) in [5.74, 6) is 1.10. The molecule has 1 heterocycles. The van der Waals surface area contributed by atoms with Crippen LogP contribution in [0.3, 0.4) is 0 Å². The highest BCUT2D eigenvalue weighted by atomic mass is 32.2. The standard InChI is InChI=1S/C7H9NS/c1-2-4-7-6(3-1)8-5-9-7/h4H,1-3,5H2/p+1. The number of nitrogens with one attached hydrogen (secondary N) is 1. The van der Waals surface area contributed by atoms with Gasteiger partial charge in [-0.05, 0) is 24.6 Å². The van der Waals surface area contributed by atoms with Crippen LogP contribution >= 0.6 is 11.8 Å². The van der Waals surface area contributed by atoms with Gasteiger partial charge in [-0.1, -0.05) is 6.08 Å². The van der Waals surface area contributed by atoms with Crippen molar-refractivity contribution in [3.8, 4) is 0 Å². The molecule has 0 unspecified atom stereocenters. The predicted molar refractivity (Wildman–Crippen MR) is 40.4 cm³/mol. The van der Waals surface area contributed by atoms with Crippen LogP contribution in [-0.2, 0) is 0 Å². The summed E-state index contributed by atoms with van der Waals surface area (Å²) in [5.41, 5.74) is 1.49. The van der Waals surface area contributed by atoms with E-state index in [0.717, 1.165) is 5.88 Å². The van der Waals surface area contributed by atoms with Crippen LogP contribution in [0.4, 0.5) is 0 Å². The van der Waals surface area contributed by atoms with Gasteiger partial charge in [0.2, 0.25) is 0 Å². The minimum Gasteiger partial charge on any atom is -0.235 e. The summed E-state index contributed by atoms with van der Waals surface area (Å²) in [5, 5.41) is 0. The van der Waals surface area contributed by atoms with Gasteiger partial charge in [-0.25, -0.2) is 4.99 Å². The largest absolute Gasteiger partial charge is 0.235 e. The molecule has 0 aromatic rings. The highest BCUT2D eigenvalue weighted by Gasteiger charge is 2.22. The fourth-order valence-corrected chi connectivity index (χ4v) is 2.27. The van der Waals surface area contributed by atoms with Crippen molar-refractivity contribution in [3.05, 3.63) is 11.0 Å². The summed E-state index contributed by atoms with van der Waals surface area (Å²) >= 11 is 1.94. The second-order valence-corrected chi connectivity index (χ2v) is 3.42. The van der Waals surface area contributed by atoms with Gasteiger partial charge < -0.3 is 0 Å². The topological polar surface area (TPSA) is 14.0 Å². The van der Waals surface area contributed by atoms with E-state index in [4.69, 9.17) is 0 Å². The van der Waals surface area contributed by atoms with Crippen LogP contribution in [0.2, 0.25) is 0 Å². The highest BCUT2D eigenvalue weighted by molar-refractivity contribution is 8.04. The van der Waals surface area contributed by atoms with E-state index in [1.807, 2.05) is 11.8 Å². The molecule has 0 radical (unpaired) electrons. The lowest BCUT2D eigenvalue weighted by Crippen LogP contribution is -2.69. The van der Waals surface area contributed by atoms with Gasteiger partial charge in [0, 0.05) is 6.42 Å². The fourth-order valence-electron chi connectivity index (χ4n) is 1.28. The van der Waals surface area contributed by atoms with Gasteiger partial charge in [-0.3, -0.25) is 0 Å². The van der Waals surface area contributed by atoms with E-state index in [0.29, 0.717) is 0 Å². The molecule has 0 amide bonds. The molecule has 0 fully saturated rings. The quantitative estimate of drug-likeness (QED) is 0.510. The smallest absolute Gasteiger partial charge is 0.192 e. The summed E-state index contributed by atoms with van der Waals surface area (Å²) < 4.78 is 0. The molecule has 0 saturated heterocycles. The second kappa shape index (κ2) is 2.18. The van der Waals surface area contributed by atoms with Crippen molar-refractivity contribution in [2.75, 3.05) is 5.88 Å². The van der Waals surface area contributed by atoms with Gasteiger partial charge in [0.1, 0.15) is 0 Å². The van der Waals surface area contributed by atoms with Gasteiger partial charge in [-0.2, -0.15) is 0 Å². The van der Waals surface area contributed by atoms with Crippen LogP contribution in [-0.4, -0.2) is 11.6 Å². The molecule has 2 heteroatoms. The maximum Gasteiger partial charge on any atom is 0.192 e. The SMILES string of the molecule is C1=C2SC[NH+]=C2CCC1. The zero-order valence-corrected chi connectivity index (χ0v) is 6.13. The van der Waals surface area contributed by atoms with Crippen LogP contribution in [0, 0.1) is 0 Å². The summed E-state index contributed by atoms with van der Waals surface area (Å²) in [4.78, 5) is 4.88. The molecule has 0 spiro atoms. The molecule has 0 aromatic heterocycles. The number of rotatable bonds is 0. The zero-order chi connectivity index (χ0) is 6.10. The lowest BCUT2D eigenvalue weighted by atomic mass is 10.1. The molecular weight excluding hydrogens is 130 g/mol. The molecular formula is C7H10NS+. The van der Waals surface area contributed by atoms with Gasteiger partial charge >= 0.3 is 0 Å². The van der Waals surface area contributed by atoms with E-state index in [9.17, 15) is 0 Å². The third-order valence-corrected chi connectivity index (χ3v) is 2.78. The number of thioether (sulfide) groups is 1. The predicted octanol–water partition coefficient (Wildman–Crippen LogP) is 0.280. The molecule has 1 nitrogen and oxygen atoms in total. The maximum atomic E-state index is 3.37. The van der Waals surface area contributed by atoms with Crippen molar-refractivity contribution in [3.63, 3.8) is 0 Å². The van der Waals surface area contributed by atoms with Crippen molar-refractivity contribution in [2.24, 2.45) is 0 Å². The van der Waals surface area contributed by atoms with E-state index >= 15 is 0 Å². The Labute approximate surface area is 59.2 Å². The lowest BCUT2D eigenvalue weighted by Gasteiger charge is -2.02. The molecule has 9 heavy (non-hydrogen) atoms. The van der Waals surface area contributed by atoms with Crippen LogP contribution in [0.5, 0.6) is 0 Å². The summed E-state index contributed by atoms with van der Waals surface area (Å²) in [7, 11) is 0. The van der Waals surface area contributed by atoms with Gasteiger partial charge in [0.15, 0.2) is 11.6 Å². The summed E-state index contributed by atoms with van der Waals surface area (Å²) in [6.07, 6.45) is 6.25. The summed E-state index contributed by atoms with van der Waals surface area (Å²) in [6.45, 7) is 0. The molecule has 48 valence electrons. The Morgan fingerprint density at radius 1 is 1.56 bits per heavy atom. The zero-order valence-electron chi connectivity index (χ0n) is 5.31. The highest BCUT2D eigenvalue weighted by Crippen LogP contribution is 2.24. The molecule has 1 aliphatic carbocycles. The maximum absolute atomic E-state index is 3.37. The molecule has 2 aliphatic rings. The molecule has 0 saturated carbocycles. The Kier molecular flexibility index (Phi) is 1.34. The van der Waals surface area contributed by atoms with Crippen molar-refractivity contribution >= 4 is 17.5 Å². The van der Waals surface area contributed by atoms with Crippen molar-refractivity contribution < 1.29 is 4.99 Å². The van der Waals surface area contributed by atoms with Gasteiger partial charge in [0.05, 0.1) is 4.91 Å². The van der Waals surface area contributed by atoms with Gasteiger partial charge in [0.25, 0.3) is 0 Å². The van der Waals surface area contributed by atoms with Crippen molar-refractivity contribution in [1.82, 2.24) is 0 Å². The molecule has 1 aliphatic heterocycles. The average Bonchev–Trinajstić information content (AvgIpc) is 2.33. The minimum absolute atomic E-state index is 1.10. The third-order valence-electron chi connectivity index (χ3n) is 1.77. The van der Waals surface area contributed by atoms with Crippen LogP contribution < -0.4 is 4.99 Å². The van der Waals surface area contributed by atoms with Crippen molar-refractivity contribution in [2.45, 2.75) is 19.3 Å². The van der Waals surface area contributed by atoms with Crippen LogP contribution in [0.25, 0.3) is 0 Å². The van der Waals surface area contributed by atoms with Crippen LogP contribution in [0.1, 0.15) is 19.3 Å². The van der Waals surface area contributed by atoms with E-state index < -0.39 is 0 Å². The average molecular weight is 140 g/mol. The Morgan fingerprint density at radius 2 is 2.56 bits per heavy atom. The fraction of sp³-hybridized carbons (Fsp3) is 0.571.